The minimum atomic E-state index is -4.45. The van der Waals surface area contributed by atoms with Crippen LogP contribution in [0.4, 0.5) is 18.9 Å². The molecule has 19 heavy (non-hydrogen) atoms. The van der Waals surface area contributed by atoms with Crippen LogP contribution in [0, 0.1) is 6.92 Å². The summed E-state index contributed by atoms with van der Waals surface area (Å²) in [5.74, 6) is -0.627. The number of amides is 1. The van der Waals surface area contributed by atoms with Gasteiger partial charge in [-0.05, 0) is 24.6 Å². The predicted octanol–water partition coefficient (Wildman–Crippen LogP) is 2.71. The highest BCUT2D eigenvalue weighted by atomic mass is 19.4. The number of hydrogen-bond donors (Lipinski definition) is 0. The van der Waals surface area contributed by atoms with Crippen LogP contribution in [0.2, 0.25) is 0 Å². The van der Waals surface area contributed by atoms with E-state index < -0.39 is 17.6 Å². The number of halogens is 3. The molecule has 0 radical (unpaired) electrons. The number of nitrogens with zero attached hydrogens (tertiary/aromatic N) is 1. The maximum Gasteiger partial charge on any atom is 0.416 e. The van der Waals surface area contributed by atoms with E-state index >= 15 is 0 Å². The maximum atomic E-state index is 12.8. The van der Waals surface area contributed by atoms with E-state index in [4.69, 9.17) is 0 Å². The number of rotatable bonds is 1. The van der Waals surface area contributed by atoms with Gasteiger partial charge in [-0.15, -0.1) is 0 Å². The Morgan fingerprint density at radius 3 is 2.47 bits per heavy atom. The molecule has 2 rings (SSSR count). The lowest BCUT2D eigenvalue weighted by molar-refractivity contribution is -0.138. The van der Waals surface area contributed by atoms with Crippen LogP contribution in [0.25, 0.3) is 0 Å². The van der Waals surface area contributed by atoms with Crippen molar-refractivity contribution in [3.05, 3.63) is 29.3 Å². The lowest BCUT2D eigenvalue weighted by Crippen LogP contribution is -2.39. The van der Waals surface area contributed by atoms with Crippen molar-refractivity contribution in [2.75, 3.05) is 11.4 Å². The van der Waals surface area contributed by atoms with Gasteiger partial charge in [-0.1, -0.05) is 6.07 Å². The number of hydrogen-bond acceptors (Lipinski definition) is 2. The van der Waals surface area contributed by atoms with Crippen molar-refractivity contribution >= 4 is 17.4 Å². The Labute approximate surface area is 108 Å². The van der Waals surface area contributed by atoms with Crippen molar-refractivity contribution in [3.63, 3.8) is 0 Å². The van der Waals surface area contributed by atoms with E-state index in [-0.39, 0.29) is 36.4 Å². The zero-order valence-corrected chi connectivity index (χ0v) is 10.3. The highest BCUT2D eigenvalue weighted by Gasteiger charge is 2.34. The molecule has 102 valence electrons. The molecule has 1 aliphatic heterocycles. The minimum Gasteiger partial charge on any atom is -0.312 e. The van der Waals surface area contributed by atoms with Gasteiger partial charge in [0.25, 0.3) is 0 Å². The molecule has 1 heterocycles. The topological polar surface area (TPSA) is 37.4 Å². The highest BCUT2D eigenvalue weighted by molar-refractivity contribution is 6.08. The first-order valence-electron chi connectivity index (χ1n) is 5.79. The zero-order valence-electron chi connectivity index (χ0n) is 10.3. The molecule has 6 heteroatoms. The van der Waals surface area contributed by atoms with Gasteiger partial charge in [0.05, 0.1) is 12.0 Å². The van der Waals surface area contributed by atoms with E-state index in [1.165, 1.54) is 24.0 Å². The number of alkyl halides is 3. The molecule has 0 aromatic heterocycles. The van der Waals surface area contributed by atoms with E-state index in [0.717, 1.165) is 6.07 Å². The first kappa shape index (κ1) is 13.6. The van der Waals surface area contributed by atoms with Gasteiger partial charge in [0.15, 0.2) is 0 Å². The Hall–Kier alpha value is -1.85. The second kappa shape index (κ2) is 4.68. The lowest BCUT2D eigenvalue weighted by Gasteiger charge is -2.27. The van der Waals surface area contributed by atoms with E-state index in [0.29, 0.717) is 0 Å². The zero-order chi connectivity index (χ0) is 14.2. The smallest absolute Gasteiger partial charge is 0.312 e. The van der Waals surface area contributed by atoms with E-state index in [1.807, 2.05) is 0 Å². The number of benzene rings is 1. The van der Waals surface area contributed by atoms with Gasteiger partial charge >= 0.3 is 6.18 Å². The van der Waals surface area contributed by atoms with Crippen LogP contribution < -0.4 is 4.90 Å². The van der Waals surface area contributed by atoms with Crippen molar-refractivity contribution in [1.29, 1.82) is 0 Å². The van der Waals surface area contributed by atoms with Gasteiger partial charge in [0, 0.05) is 18.7 Å². The summed E-state index contributed by atoms with van der Waals surface area (Å²) in [6, 6.07) is 3.77. The van der Waals surface area contributed by atoms with E-state index in [1.54, 1.807) is 0 Å². The molecule has 1 aromatic carbocycles. The number of anilines is 1. The Bertz CT molecular complexity index is 537. The molecule has 1 aliphatic rings. The Balaban J connectivity index is 2.36. The average Bonchev–Trinajstić information content (AvgIpc) is 2.29. The average molecular weight is 271 g/mol. The fourth-order valence-electron chi connectivity index (χ4n) is 2.07. The molecule has 1 amide bonds. The third-order valence-corrected chi connectivity index (χ3v) is 3.10. The van der Waals surface area contributed by atoms with Gasteiger partial charge in [0.2, 0.25) is 5.91 Å². The third-order valence-electron chi connectivity index (χ3n) is 3.10. The fourth-order valence-corrected chi connectivity index (χ4v) is 2.07. The number of Topliss-reactive ketones (excluding diaryl/α,β-unsaturated/α-hetero) is 1. The van der Waals surface area contributed by atoms with Crippen molar-refractivity contribution in [2.45, 2.75) is 25.9 Å². The van der Waals surface area contributed by atoms with Crippen LogP contribution in [-0.2, 0) is 15.8 Å². The molecule has 0 unspecified atom stereocenters. The van der Waals surface area contributed by atoms with Gasteiger partial charge in [-0.2, -0.15) is 13.2 Å². The molecule has 0 atom stereocenters. The number of carbonyl (C=O) groups excluding carboxylic acids is 2. The second-order valence-corrected chi connectivity index (χ2v) is 4.51. The van der Waals surface area contributed by atoms with Crippen LogP contribution in [0.5, 0.6) is 0 Å². The molecule has 0 spiro atoms. The first-order valence-corrected chi connectivity index (χ1v) is 5.79. The Morgan fingerprint density at radius 2 is 1.89 bits per heavy atom. The normalized spacial score (nSPS) is 16.9. The molecule has 1 fully saturated rings. The molecule has 0 aliphatic carbocycles. The molecule has 1 saturated heterocycles. The maximum absolute atomic E-state index is 12.8. The van der Waals surface area contributed by atoms with Crippen molar-refractivity contribution in [1.82, 2.24) is 0 Å². The second-order valence-electron chi connectivity index (χ2n) is 4.51. The lowest BCUT2D eigenvalue weighted by atomic mass is 10.0. The summed E-state index contributed by atoms with van der Waals surface area (Å²) in [6.07, 6.45) is -4.51. The van der Waals surface area contributed by atoms with Crippen molar-refractivity contribution in [3.8, 4) is 0 Å². The Kier molecular flexibility index (Phi) is 3.34. The summed E-state index contributed by atoms with van der Waals surface area (Å²) >= 11 is 0. The summed E-state index contributed by atoms with van der Waals surface area (Å²) in [4.78, 5) is 24.0. The summed E-state index contributed by atoms with van der Waals surface area (Å²) in [5.41, 5.74) is -0.457. The van der Waals surface area contributed by atoms with Crippen molar-refractivity contribution in [2.24, 2.45) is 0 Å². The number of piperidine rings is 1. The number of aryl methyl sites for hydroxylation is 1. The molecule has 0 N–H and O–H groups in total. The number of ketones is 1. The quantitative estimate of drug-likeness (QED) is 0.736. The monoisotopic (exact) mass is 271 g/mol. The van der Waals surface area contributed by atoms with Crippen LogP contribution in [-0.4, -0.2) is 18.2 Å². The third kappa shape index (κ3) is 2.77. The van der Waals surface area contributed by atoms with Crippen LogP contribution in [0.3, 0.4) is 0 Å². The molecule has 0 saturated carbocycles. The predicted molar refractivity (Wildman–Crippen MR) is 62.8 cm³/mol. The highest BCUT2D eigenvalue weighted by Crippen LogP contribution is 2.34. The standard InChI is InChI=1S/C13H12F3NO2/c1-8-2-3-9(6-11(8)13(14,15)16)17-5-4-10(18)7-12(17)19/h2-3,6H,4-5,7H2,1H3. The van der Waals surface area contributed by atoms with Crippen LogP contribution in [0.1, 0.15) is 24.0 Å². The van der Waals surface area contributed by atoms with Gasteiger partial charge in [-0.3, -0.25) is 9.59 Å². The minimum absolute atomic E-state index is 0.108. The molecule has 3 nitrogen and oxygen atoms in total. The first-order chi connectivity index (χ1) is 8.79. The van der Waals surface area contributed by atoms with Gasteiger partial charge < -0.3 is 4.90 Å². The Morgan fingerprint density at radius 1 is 1.21 bits per heavy atom. The SMILES string of the molecule is Cc1ccc(N2CCC(=O)CC2=O)cc1C(F)(F)F. The van der Waals surface area contributed by atoms with Crippen LogP contribution >= 0.6 is 0 Å². The van der Waals surface area contributed by atoms with E-state index in [9.17, 15) is 22.8 Å². The van der Waals surface area contributed by atoms with Gasteiger partial charge in [0.1, 0.15) is 5.78 Å². The van der Waals surface area contributed by atoms with E-state index in [2.05, 4.69) is 0 Å². The summed E-state index contributed by atoms with van der Waals surface area (Å²) in [7, 11) is 0. The number of carbonyl (C=O) groups is 2. The van der Waals surface area contributed by atoms with Crippen molar-refractivity contribution < 1.29 is 22.8 Å². The molecular formula is C13H12F3NO2. The summed E-state index contributed by atoms with van der Waals surface area (Å²) in [6.45, 7) is 1.51. The van der Waals surface area contributed by atoms with Crippen LogP contribution in [0.15, 0.2) is 18.2 Å². The molecule has 1 aromatic rings. The fraction of sp³-hybridized carbons (Fsp3) is 0.385. The molecular weight excluding hydrogens is 259 g/mol. The largest absolute Gasteiger partial charge is 0.416 e. The molecule has 0 bridgehead atoms. The van der Waals surface area contributed by atoms with Gasteiger partial charge in [-0.25, -0.2) is 0 Å². The summed E-state index contributed by atoms with van der Waals surface area (Å²) < 4.78 is 38.4. The summed E-state index contributed by atoms with van der Waals surface area (Å²) in [5, 5.41) is 0.